The molecule has 4 aromatic carbocycles. The summed E-state index contributed by atoms with van der Waals surface area (Å²) in [5.74, 6) is 0. The van der Waals surface area contributed by atoms with E-state index in [1.54, 1.807) is 12.1 Å². The van der Waals surface area contributed by atoms with Crippen LogP contribution < -0.4 is 0 Å². The maximum Gasteiger partial charge on any atom is 0.150 e. The van der Waals surface area contributed by atoms with Crippen LogP contribution in [0.3, 0.4) is 0 Å². The van der Waals surface area contributed by atoms with E-state index in [-0.39, 0.29) is 0 Å². The summed E-state index contributed by atoms with van der Waals surface area (Å²) >= 11 is 0. The molecular formula is C23H16O. The Morgan fingerprint density at radius 1 is 0.708 bits per heavy atom. The Kier molecular flexibility index (Phi) is 3.39. The number of aldehydes is 1. The highest BCUT2D eigenvalue weighted by Crippen LogP contribution is 2.26. The predicted molar refractivity (Wildman–Crippen MR) is 102 cm³/mol. The van der Waals surface area contributed by atoms with Crippen molar-refractivity contribution in [2.45, 2.75) is 0 Å². The first kappa shape index (κ1) is 13.3. The third-order valence-corrected chi connectivity index (χ3v) is 4.22. The average Bonchev–Trinajstić information content (AvgIpc) is 2.67. The lowest BCUT2D eigenvalue weighted by atomic mass is 9.99. The maximum absolute atomic E-state index is 10.8. The number of carbonyl (C=O) groups is 1. The van der Waals surface area contributed by atoms with Crippen molar-refractivity contribution in [3.63, 3.8) is 0 Å². The van der Waals surface area contributed by atoms with Crippen molar-refractivity contribution in [3.05, 3.63) is 95.6 Å². The summed E-state index contributed by atoms with van der Waals surface area (Å²) in [4.78, 5) is 10.8. The molecule has 0 aromatic heterocycles. The summed E-state index contributed by atoms with van der Waals surface area (Å²) in [5.41, 5.74) is 2.43. The molecule has 0 saturated carbocycles. The van der Waals surface area contributed by atoms with Gasteiger partial charge in [0.2, 0.25) is 0 Å². The van der Waals surface area contributed by atoms with Crippen molar-refractivity contribution in [1.82, 2.24) is 0 Å². The summed E-state index contributed by atoms with van der Waals surface area (Å²) < 4.78 is 8.39. The van der Waals surface area contributed by atoms with Gasteiger partial charge in [0.15, 0.2) is 0 Å². The van der Waals surface area contributed by atoms with Crippen LogP contribution in [0.5, 0.6) is 0 Å². The molecule has 0 saturated heterocycles. The average molecular weight is 309 g/mol. The first-order chi connectivity index (χ1) is 12.2. The standard InChI is InChI=1S/C23H16O/c24-16-18-10-8-17(9-11-18)12-13-19-6-3-7-22-14-20-4-1-2-5-21(20)15-23(19)22/h1-16H/i12D. The van der Waals surface area contributed by atoms with Gasteiger partial charge in [-0.2, -0.15) is 0 Å². The SMILES string of the molecule is [2H]C(=Cc1cccc2cc3ccccc3cc12)c1ccc(C=O)cc1. The maximum atomic E-state index is 10.8. The Morgan fingerprint density at radius 2 is 1.38 bits per heavy atom. The van der Waals surface area contributed by atoms with E-state index in [4.69, 9.17) is 1.37 Å². The van der Waals surface area contributed by atoms with E-state index in [0.717, 1.165) is 28.2 Å². The zero-order valence-corrected chi connectivity index (χ0v) is 13.1. The highest BCUT2D eigenvalue weighted by molar-refractivity contribution is 6.02. The van der Waals surface area contributed by atoms with Gasteiger partial charge in [-0.05, 0) is 44.8 Å². The van der Waals surface area contributed by atoms with E-state index in [9.17, 15) is 4.79 Å². The summed E-state index contributed by atoms with van der Waals surface area (Å²) in [6.07, 6.45) is 2.69. The molecule has 4 rings (SSSR count). The van der Waals surface area contributed by atoms with Gasteiger partial charge in [0.25, 0.3) is 0 Å². The molecule has 0 aliphatic heterocycles. The van der Waals surface area contributed by atoms with Gasteiger partial charge >= 0.3 is 0 Å². The molecule has 0 radical (unpaired) electrons. The second-order valence-corrected chi connectivity index (χ2v) is 5.80. The van der Waals surface area contributed by atoms with Crippen LogP contribution in [0.4, 0.5) is 0 Å². The highest BCUT2D eigenvalue weighted by atomic mass is 16.1. The number of rotatable bonds is 3. The van der Waals surface area contributed by atoms with Crippen molar-refractivity contribution >= 4 is 40.0 Å². The van der Waals surface area contributed by atoms with Crippen LogP contribution in [-0.2, 0) is 0 Å². The van der Waals surface area contributed by atoms with E-state index in [0.29, 0.717) is 11.6 Å². The molecule has 0 unspecified atom stereocenters. The van der Waals surface area contributed by atoms with E-state index < -0.39 is 0 Å². The third-order valence-electron chi connectivity index (χ3n) is 4.22. The van der Waals surface area contributed by atoms with Crippen LogP contribution in [-0.4, -0.2) is 6.29 Å². The molecule has 0 aliphatic carbocycles. The Labute approximate surface area is 142 Å². The second-order valence-electron chi connectivity index (χ2n) is 5.80. The Morgan fingerprint density at radius 3 is 2.12 bits per heavy atom. The van der Waals surface area contributed by atoms with Gasteiger partial charge in [0.1, 0.15) is 6.29 Å². The molecule has 1 nitrogen and oxygen atoms in total. The van der Waals surface area contributed by atoms with Crippen LogP contribution in [0.1, 0.15) is 22.9 Å². The molecule has 0 heterocycles. The van der Waals surface area contributed by atoms with Crippen LogP contribution in [0.25, 0.3) is 33.7 Å². The summed E-state index contributed by atoms with van der Waals surface area (Å²) in [6, 6.07) is 26.3. The van der Waals surface area contributed by atoms with Crippen molar-refractivity contribution in [3.8, 4) is 0 Å². The topological polar surface area (TPSA) is 17.1 Å². The number of hydrogen-bond donors (Lipinski definition) is 0. The smallest absolute Gasteiger partial charge is 0.150 e. The normalized spacial score (nSPS) is 12.3. The van der Waals surface area contributed by atoms with E-state index in [2.05, 4.69) is 30.3 Å². The van der Waals surface area contributed by atoms with Gasteiger partial charge in [-0.3, -0.25) is 4.79 Å². The van der Waals surface area contributed by atoms with Crippen LogP contribution >= 0.6 is 0 Å². The number of hydrogen-bond acceptors (Lipinski definition) is 1. The van der Waals surface area contributed by atoms with Gasteiger partial charge in [0.05, 0.1) is 1.37 Å². The molecule has 0 aliphatic rings. The van der Waals surface area contributed by atoms with Gasteiger partial charge in [0, 0.05) is 5.56 Å². The third kappa shape index (κ3) is 2.72. The molecule has 1 heteroatoms. The predicted octanol–water partition coefficient (Wildman–Crippen LogP) is 5.98. The minimum absolute atomic E-state index is 0.429. The largest absolute Gasteiger partial charge is 0.298 e. The first-order valence-corrected chi connectivity index (χ1v) is 7.90. The summed E-state index contributed by atoms with van der Waals surface area (Å²) in [7, 11) is 0. The molecule has 0 amide bonds. The second kappa shape index (κ2) is 6.13. The molecule has 24 heavy (non-hydrogen) atoms. The molecule has 114 valence electrons. The lowest BCUT2D eigenvalue weighted by molar-refractivity contribution is 0.112. The Hall–Kier alpha value is -3.19. The van der Waals surface area contributed by atoms with E-state index in [1.165, 1.54) is 10.8 Å². The van der Waals surface area contributed by atoms with Gasteiger partial charge in [-0.15, -0.1) is 0 Å². The number of benzene rings is 4. The minimum atomic E-state index is 0.429. The molecule has 0 atom stereocenters. The highest BCUT2D eigenvalue weighted by Gasteiger charge is 2.01. The zero-order valence-electron chi connectivity index (χ0n) is 14.1. The Balaban J connectivity index is 1.84. The van der Waals surface area contributed by atoms with Gasteiger partial charge in [-0.1, -0.05) is 78.9 Å². The molecule has 0 spiro atoms. The van der Waals surface area contributed by atoms with Crippen LogP contribution in [0, 0.1) is 0 Å². The molecule has 4 aromatic rings. The summed E-state index contributed by atoms with van der Waals surface area (Å²) in [6.45, 7) is 0. The zero-order chi connectivity index (χ0) is 17.2. The molecule has 0 bridgehead atoms. The number of carbonyl (C=O) groups excluding carboxylic acids is 1. The van der Waals surface area contributed by atoms with Crippen LogP contribution in [0.2, 0.25) is 0 Å². The lowest BCUT2D eigenvalue weighted by Gasteiger charge is -2.05. The lowest BCUT2D eigenvalue weighted by Crippen LogP contribution is -1.81. The first-order valence-electron chi connectivity index (χ1n) is 8.40. The molecular weight excluding hydrogens is 292 g/mol. The quantitative estimate of drug-likeness (QED) is 0.258. The van der Waals surface area contributed by atoms with E-state index in [1.807, 2.05) is 42.5 Å². The molecule has 0 N–H and O–H groups in total. The van der Waals surface area contributed by atoms with Crippen molar-refractivity contribution < 1.29 is 6.17 Å². The fraction of sp³-hybridized carbons (Fsp3) is 0. The Bertz CT molecular complexity index is 1110. The monoisotopic (exact) mass is 309 g/mol. The van der Waals surface area contributed by atoms with Crippen LogP contribution in [0.15, 0.2) is 78.9 Å². The summed E-state index contributed by atoms with van der Waals surface area (Å²) in [5, 5.41) is 4.71. The fourth-order valence-corrected chi connectivity index (χ4v) is 2.94. The minimum Gasteiger partial charge on any atom is -0.298 e. The fourth-order valence-electron chi connectivity index (χ4n) is 2.94. The number of fused-ring (bicyclic) bond motifs is 2. The van der Waals surface area contributed by atoms with Crippen molar-refractivity contribution in [2.24, 2.45) is 0 Å². The van der Waals surface area contributed by atoms with E-state index >= 15 is 0 Å². The van der Waals surface area contributed by atoms with Crippen molar-refractivity contribution in [1.29, 1.82) is 0 Å². The van der Waals surface area contributed by atoms with Gasteiger partial charge in [-0.25, -0.2) is 0 Å². The molecule has 0 fully saturated rings. The van der Waals surface area contributed by atoms with Gasteiger partial charge < -0.3 is 0 Å². The van der Waals surface area contributed by atoms with Crippen molar-refractivity contribution in [2.75, 3.05) is 0 Å².